The van der Waals surface area contributed by atoms with E-state index in [9.17, 15) is 9.90 Å². The van der Waals surface area contributed by atoms with Crippen molar-refractivity contribution < 1.29 is 14.6 Å². The van der Waals surface area contributed by atoms with Crippen LogP contribution >= 0.6 is 0 Å². The fourth-order valence-electron chi connectivity index (χ4n) is 3.22. The third-order valence-electron chi connectivity index (χ3n) is 4.66. The number of aliphatic hydroxyl groups is 1. The number of hydrogen-bond donors (Lipinski definition) is 1. The number of benzene rings is 1. The molecule has 0 aliphatic heterocycles. The fourth-order valence-corrected chi connectivity index (χ4v) is 3.22. The highest BCUT2D eigenvalue weighted by Crippen LogP contribution is 2.25. The minimum Gasteiger partial charge on any atom is -0.494 e. The molecule has 0 aromatic heterocycles. The molecule has 0 heterocycles. The lowest BCUT2D eigenvalue weighted by Crippen LogP contribution is -2.38. The summed E-state index contributed by atoms with van der Waals surface area (Å²) in [6.45, 7) is 3.30. The Bertz CT molecular complexity index is 486. The zero-order chi connectivity index (χ0) is 16.7. The second-order valence-electron chi connectivity index (χ2n) is 6.46. The van der Waals surface area contributed by atoms with E-state index in [1.807, 2.05) is 38.2 Å². The lowest BCUT2D eigenvalue weighted by atomic mass is 9.86. The summed E-state index contributed by atoms with van der Waals surface area (Å²) in [5.41, 5.74) is 1.15. The Morgan fingerprint density at radius 1 is 1.26 bits per heavy atom. The van der Waals surface area contributed by atoms with E-state index >= 15 is 0 Å². The molecule has 128 valence electrons. The molecular weight excluding hydrogens is 290 g/mol. The number of ether oxygens (including phenoxy) is 1. The molecule has 23 heavy (non-hydrogen) atoms. The van der Waals surface area contributed by atoms with E-state index < -0.39 is 0 Å². The summed E-state index contributed by atoms with van der Waals surface area (Å²) in [4.78, 5) is 14.1. The van der Waals surface area contributed by atoms with Crippen LogP contribution in [0.15, 0.2) is 24.3 Å². The first-order chi connectivity index (χ1) is 11.1. The molecule has 1 fully saturated rings. The quantitative estimate of drug-likeness (QED) is 0.840. The average Bonchev–Trinajstić information content (AvgIpc) is 2.56. The van der Waals surface area contributed by atoms with Crippen LogP contribution in [-0.2, 0) is 11.2 Å². The number of amides is 1. The fraction of sp³-hybridized carbons (Fsp3) is 0.632. The molecule has 0 radical (unpaired) electrons. The smallest absolute Gasteiger partial charge is 0.222 e. The van der Waals surface area contributed by atoms with Crippen LogP contribution in [0.5, 0.6) is 5.75 Å². The first kappa shape index (κ1) is 17.8. The van der Waals surface area contributed by atoms with Crippen LogP contribution in [0, 0.1) is 5.92 Å². The predicted octanol–water partition coefficient (Wildman–Crippen LogP) is 3.03. The Morgan fingerprint density at radius 2 is 1.96 bits per heavy atom. The maximum Gasteiger partial charge on any atom is 0.222 e. The van der Waals surface area contributed by atoms with Crippen molar-refractivity contribution in [2.45, 2.75) is 51.6 Å². The molecule has 4 heteroatoms. The van der Waals surface area contributed by atoms with Gasteiger partial charge in [-0.3, -0.25) is 4.79 Å². The highest BCUT2D eigenvalue weighted by atomic mass is 16.5. The van der Waals surface area contributed by atoms with E-state index in [4.69, 9.17) is 4.74 Å². The van der Waals surface area contributed by atoms with Gasteiger partial charge in [0, 0.05) is 25.9 Å². The molecule has 0 unspecified atom stereocenters. The van der Waals surface area contributed by atoms with Crippen LogP contribution in [-0.4, -0.2) is 42.2 Å². The SMILES string of the molecule is CCOc1ccc(CCC(=O)N(C)C[C@@H]2CCCC[C@@H]2O)cc1. The lowest BCUT2D eigenvalue weighted by molar-refractivity contribution is -0.131. The Kier molecular flexibility index (Phi) is 6.90. The molecule has 1 aliphatic rings. The van der Waals surface area contributed by atoms with Gasteiger partial charge in [0.05, 0.1) is 12.7 Å². The van der Waals surface area contributed by atoms with Gasteiger partial charge in [-0.15, -0.1) is 0 Å². The van der Waals surface area contributed by atoms with E-state index in [1.165, 1.54) is 0 Å². The summed E-state index contributed by atoms with van der Waals surface area (Å²) in [6.07, 6.45) is 5.17. The van der Waals surface area contributed by atoms with Crippen molar-refractivity contribution >= 4 is 5.91 Å². The summed E-state index contributed by atoms with van der Waals surface area (Å²) in [5, 5.41) is 10.0. The highest BCUT2D eigenvalue weighted by molar-refractivity contribution is 5.76. The van der Waals surface area contributed by atoms with Gasteiger partial charge in [0.25, 0.3) is 0 Å². The standard InChI is InChI=1S/C19H29NO3/c1-3-23-17-11-8-15(9-12-17)10-13-19(22)20(2)14-16-6-4-5-7-18(16)21/h8-9,11-12,16,18,21H,3-7,10,13-14H2,1-2H3/t16-,18-/m0/s1. The number of aliphatic hydroxyl groups excluding tert-OH is 1. The monoisotopic (exact) mass is 319 g/mol. The molecule has 2 rings (SSSR count). The van der Waals surface area contributed by atoms with Gasteiger partial charge in [-0.05, 0) is 43.9 Å². The Labute approximate surface area is 139 Å². The number of carbonyl (C=O) groups is 1. The number of nitrogens with zero attached hydrogens (tertiary/aromatic N) is 1. The minimum absolute atomic E-state index is 0.150. The van der Waals surface area contributed by atoms with E-state index in [0.29, 0.717) is 19.6 Å². The Morgan fingerprint density at radius 3 is 2.61 bits per heavy atom. The molecule has 1 aromatic rings. The Balaban J connectivity index is 1.76. The van der Waals surface area contributed by atoms with Gasteiger partial charge in [0.2, 0.25) is 5.91 Å². The maximum atomic E-state index is 12.3. The van der Waals surface area contributed by atoms with E-state index in [2.05, 4.69) is 0 Å². The third-order valence-corrected chi connectivity index (χ3v) is 4.66. The zero-order valence-corrected chi connectivity index (χ0v) is 14.3. The molecule has 0 saturated heterocycles. The minimum atomic E-state index is -0.245. The van der Waals surface area contributed by atoms with Crippen molar-refractivity contribution in [2.24, 2.45) is 5.92 Å². The van der Waals surface area contributed by atoms with Crippen molar-refractivity contribution in [3.05, 3.63) is 29.8 Å². The van der Waals surface area contributed by atoms with Crippen LogP contribution in [0.2, 0.25) is 0 Å². The molecule has 4 nitrogen and oxygen atoms in total. The van der Waals surface area contributed by atoms with Gasteiger partial charge in [0.1, 0.15) is 5.75 Å². The zero-order valence-electron chi connectivity index (χ0n) is 14.3. The van der Waals surface area contributed by atoms with Crippen LogP contribution in [0.4, 0.5) is 0 Å². The van der Waals surface area contributed by atoms with Crippen molar-refractivity contribution in [1.29, 1.82) is 0 Å². The largest absolute Gasteiger partial charge is 0.494 e. The van der Waals surface area contributed by atoms with Crippen molar-refractivity contribution in [3.63, 3.8) is 0 Å². The van der Waals surface area contributed by atoms with E-state index in [1.54, 1.807) is 4.90 Å². The van der Waals surface area contributed by atoms with Gasteiger partial charge in [-0.1, -0.05) is 25.0 Å². The normalized spacial score (nSPS) is 21.0. The number of hydrogen-bond acceptors (Lipinski definition) is 3. The van der Waals surface area contributed by atoms with Crippen LogP contribution in [0.3, 0.4) is 0 Å². The first-order valence-corrected chi connectivity index (χ1v) is 8.74. The maximum absolute atomic E-state index is 12.3. The first-order valence-electron chi connectivity index (χ1n) is 8.74. The number of rotatable bonds is 7. The molecule has 0 spiro atoms. The predicted molar refractivity (Wildman–Crippen MR) is 91.5 cm³/mol. The molecule has 2 atom stereocenters. The number of aryl methyl sites for hydroxylation is 1. The lowest BCUT2D eigenvalue weighted by Gasteiger charge is -2.31. The molecule has 0 bridgehead atoms. The van der Waals surface area contributed by atoms with Crippen LogP contribution < -0.4 is 4.74 Å². The van der Waals surface area contributed by atoms with Gasteiger partial charge in [0.15, 0.2) is 0 Å². The van der Waals surface area contributed by atoms with Gasteiger partial charge in [-0.2, -0.15) is 0 Å². The summed E-state index contributed by atoms with van der Waals surface area (Å²) in [6, 6.07) is 7.93. The summed E-state index contributed by atoms with van der Waals surface area (Å²) in [5.74, 6) is 1.26. The van der Waals surface area contributed by atoms with Crippen LogP contribution in [0.25, 0.3) is 0 Å². The summed E-state index contributed by atoms with van der Waals surface area (Å²) in [7, 11) is 1.85. The van der Waals surface area contributed by atoms with Gasteiger partial charge in [-0.25, -0.2) is 0 Å². The molecule has 1 amide bonds. The second kappa shape index (κ2) is 8.92. The molecule has 1 aromatic carbocycles. The van der Waals surface area contributed by atoms with Crippen LogP contribution in [0.1, 0.15) is 44.6 Å². The molecule has 1 saturated carbocycles. The van der Waals surface area contributed by atoms with E-state index in [0.717, 1.165) is 43.4 Å². The molecule has 1 aliphatic carbocycles. The second-order valence-corrected chi connectivity index (χ2v) is 6.46. The summed E-state index contributed by atoms with van der Waals surface area (Å²) >= 11 is 0. The Hall–Kier alpha value is -1.55. The van der Waals surface area contributed by atoms with Gasteiger partial charge < -0.3 is 14.7 Å². The van der Waals surface area contributed by atoms with Gasteiger partial charge >= 0.3 is 0 Å². The molecular formula is C19H29NO3. The third kappa shape index (κ3) is 5.54. The van der Waals surface area contributed by atoms with Crippen molar-refractivity contribution in [2.75, 3.05) is 20.2 Å². The van der Waals surface area contributed by atoms with Crippen molar-refractivity contribution in [1.82, 2.24) is 4.90 Å². The highest BCUT2D eigenvalue weighted by Gasteiger charge is 2.25. The topological polar surface area (TPSA) is 49.8 Å². The number of carbonyl (C=O) groups excluding carboxylic acids is 1. The van der Waals surface area contributed by atoms with Crippen molar-refractivity contribution in [3.8, 4) is 5.75 Å². The van der Waals surface area contributed by atoms with E-state index in [-0.39, 0.29) is 17.9 Å². The molecule has 1 N–H and O–H groups in total. The summed E-state index contributed by atoms with van der Waals surface area (Å²) < 4.78 is 5.42. The average molecular weight is 319 g/mol.